The largest absolute Gasteiger partial charge is 0.469 e. The first-order valence-electron chi connectivity index (χ1n) is 7.94. The van der Waals surface area contributed by atoms with Crippen LogP contribution in [0.25, 0.3) is 0 Å². The third kappa shape index (κ3) is 4.08. The first-order chi connectivity index (χ1) is 10.7. The zero-order valence-corrected chi connectivity index (χ0v) is 14.2. The molecule has 2 rings (SSSR count). The molecular weight excluding hydrogens is 292 g/mol. The van der Waals surface area contributed by atoms with Crippen molar-refractivity contribution in [2.24, 2.45) is 0 Å². The van der Waals surface area contributed by atoms with Crippen molar-refractivity contribution in [1.82, 2.24) is 0 Å². The molecule has 1 aromatic heterocycles. The van der Waals surface area contributed by atoms with Crippen LogP contribution in [0.3, 0.4) is 0 Å². The van der Waals surface area contributed by atoms with Gasteiger partial charge in [0.15, 0.2) is 11.6 Å². The summed E-state index contributed by atoms with van der Waals surface area (Å²) in [5, 5.41) is 9.94. The van der Waals surface area contributed by atoms with Crippen LogP contribution in [0.5, 0.6) is 0 Å². The highest BCUT2D eigenvalue weighted by Crippen LogP contribution is 2.31. The molecule has 1 aliphatic rings. The molecule has 0 saturated heterocycles. The summed E-state index contributed by atoms with van der Waals surface area (Å²) in [6.45, 7) is 6.82. The summed E-state index contributed by atoms with van der Waals surface area (Å²) in [5.74, 6) is 0.670. The summed E-state index contributed by atoms with van der Waals surface area (Å²) in [6.07, 6.45) is 3.51. The molecule has 0 saturated carbocycles. The van der Waals surface area contributed by atoms with Crippen molar-refractivity contribution in [1.29, 1.82) is 0 Å². The van der Waals surface area contributed by atoms with Crippen molar-refractivity contribution >= 4 is 11.6 Å². The van der Waals surface area contributed by atoms with Crippen LogP contribution >= 0.6 is 0 Å². The van der Waals surface area contributed by atoms with Gasteiger partial charge in [0.2, 0.25) is 0 Å². The van der Waals surface area contributed by atoms with E-state index in [2.05, 4.69) is 0 Å². The standard InChI is InChI=1S/C19H24O4/c1-12-13(2)18(21)16(9-10-19(3,4)22)15(17(12)20)8-7-14-6-5-11-23-14/h5-6,11,22H,7-10H2,1-4H3. The van der Waals surface area contributed by atoms with Crippen molar-refractivity contribution < 1.29 is 19.1 Å². The van der Waals surface area contributed by atoms with Gasteiger partial charge in [-0.25, -0.2) is 0 Å². The van der Waals surface area contributed by atoms with Gasteiger partial charge in [0.05, 0.1) is 11.9 Å². The zero-order valence-electron chi connectivity index (χ0n) is 14.2. The Morgan fingerprint density at radius 1 is 1.00 bits per heavy atom. The Bertz CT molecular complexity index is 667. The number of Topliss-reactive ketones (excluding diaryl/α,β-unsaturated/α-hetero) is 2. The average Bonchev–Trinajstić information content (AvgIpc) is 2.98. The molecule has 124 valence electrons. The Balaban J connectivity index is 2.28. The monoisotopic (exact) mass is 316 g/mol. The number of ketones is 2. The fraction of sp³-hybridized carbons (Fsp3) is 0.474. The number of furan rings is 1. The number of hydrogen-bond donors (Lipinski definition) is 1. The Hall–Kier alpha value is -1.94. The maximum absolute atomic E-state index is 12.6. The molecule has 1 aromatic rings. The van der Waals surface area contributed by atoms with Gasteiger partial charge in [0, 0.05) is 28.7 Å². The quantitative estimate of drug-likeness (QED) is 0.815. The van der Waals surface area contributed by atoms with Crippen LogP contribution in [-0.4, -0.2) is 22.3 Å². The Kier molecular flexibility index (Phi) is 5.05. The molecule has 1 aliphatic carbocycles. The van der Waals surface area contributed by atoms with Crippen molar-refractivity contribution in [3.05, 3.63) is 46.4 Å². The highest BCUT2D eigenvalue weighted by molar-refractivity contribution is 6.24. The molecule has 4 nitrogen and oxygen atoms in total. The van der Waals surface area contributed by atoms with E-state index in [1.807, 2.05) is 12.1 Å². The van der Waals surface area contributed by atoms with Crippen LogP contribution in [0, 0.1) is 0 Å². The molecule has 0 aromatic carbocycles. The smallest absolute Gasteiger partial charge is 0.185 e. The van der Waals surface area contributed by atoms with Gasteiger partial charge < -0.3 is 9.52 Å². The lowest BCUT2D eigenvalue weighted by Gasteiger charge is -2.23. The summed E-state index contributed by atoms with van der Waals surface area (Å²) in [6, 6.07) is 3.67. The van der Waals surface area contributed by atoms with E-state index in [9.17, 15) is 14.7 Å². The van der Waals surface area contributed by atoms with Gasteiger partial charge in [-0.2, -0.15) is 0 Å². The molecular formula is C19H24O4. The number of aryl methyl sites for hydroxylation is 1. The maximum Gasteiger partial charge on any atom is 0.185 e. The van der Waals surface area contributed by atoms with Gasteiger partial charge in [-0.3, -0.25) is 9.59 Å². The van der Waals surface area contributed by atoms with Crippen LogP contribution in [0.1, 0.15) is 52.7 Å². The van der Waals surface area contributed by atoms with Gasteiger partial charge in [0.1, 0.15) is 5.76 Å². The van der Waals surface area contributed by atoms with Gasteiger partial charge in [0.25, 0.3) is 0 Å². The van der Waals surface area contributed by atoms with Crippen molar-refractivity contribution in [2.75, 3.05) is 0 Å². The minimum atomic E-state index is -0.868. The minimum Gasteiger partial charge on any atom is -0.469 e. The van der Waals surface area contributed by atoms with Gasteiger partial charge in [-0.15, -0.1) is 0 Å². The maximum atomic E-state index is 12.6. The highest BCUT2D eigenvalue weighted by atomic mass is 16.3. The van der Waals surface area contributed by atoms with E-state index in [0.29, 0.717) is 48.0 Å². The van der Waals surface area contributed by atoms with E-state index >= 15 is 0 Å². The van der Waals surface area contributed by atoms with Crippen molar-refractivity contribution in [2.45, 2.75) is 59.0 Å². The van der Waals surface area contributed by atoms with Crippen LogP contribution in [-0.2, 0) is 16.0 Å². The molecule has 0 bridgehead atoms. The zero-order chi connectivity index (χ0) is 17.2. The minimum absolute atomic E-state index is 0.0561. The third-order valence-corrected chi connectivity index (χ3v) is 4.34. The molecule has 0 radical (unpaired) electrons. The molecule has 0 aliphatic heterocycles. The molecule has 1 N–H and O–H groups in total. The summed E-state index contributed by atoms with van der Waals surface area (Å²) < 4.78 is 5.31. The number of hydrogen-bond acceptors (Lipinski definition) is 4. The second-order valence-corrected chi connectivity index (χ2v) is 6.76. The van der Waals surface area contributed by atoms with Crippen LogP contribution in [0.2, 0.25) is 0 Å². The van der Waals surface area contributed by atoms with E-state index in [1.54, 1.807) is 34.0 Å². The molecule has 0 fully saturated rings. The third-order valence-electron chi connectivity index (χ3n) is 4.34. The van der Waals surface area contributed by atoms with Gasteiger partial charge >= 0.3 is 0 Å². The van der Waals surface area contributed by atoms with E-state index < -0.39 is 5.60 Å². The number of aliphatic hydroxyl groups is 1. The molecule has 1 heterocycles. The Morgan fingerprint density at radius 3 is 2.04 bits per heavy atom. The summed E-state index contributed by atoms with van der Waals surface area (Å²) in [5.41, 5.74) is 1.29. The molecule has 4 heteroatoms. The summed E-state index contributed by atoms with van der Waals surface area (Å²) in [7, 11) is 0. The lowest BCUT2D eigenvalue weighted by Crippen LogP contribution is -2.25. The lowest BCUT2D eigenvalue weighted by molar-refractivity contribution is -0.116. The lowest BCUT2D eigenvalue weighted by atomic mass is 9.80. The normalized spacial score (nSPS) is 16.6. The number of carbonyl (C=O) groups is 2. The number of allylic oxidation sites excluding steroid dienone is 4. The van der Waals surface area contributed by atoms with Gasteiger partial charge in [-0.1, -0.05) is 0 Å². The van der Waals surface area contributed by atoms with Crippen LogP contribution in [0.4, 0.5) is 0 Å². The summed E-state index contributed by atoms with van der Waals surface area (Å²) in [4.78, 5) is 25.2. The first kappa shape index (κ1) is 17.4. The SMILES string of the molecule is CC1=C(C)C(=O)C(CCC(C)(C)O)=C(CCc2ccco2)C1=O. The van der Waals surface area contributed by atoms with Gasteiger partial charge in [-0.05, 0) is 59.1 Å². The highest BCUT2D eigenvalue weighted by Gasteiger charge is 2.30. The first-order valence-corrected chi connectivity index (χ1v) is 7.94. The van der Waals surface area contributed by atoms with Crippen LogP contribution in [0.15, 0.2) is 45.1 Å². The second kappa shape index (κ2) is 6.67. The van der Waals surface area contributed by atoms with Crippen LogP contribution < -0.4 is 0 Å². The Labute approximate surface area is 136 Å². The summed E-state index contributed by atoms with van der Waals surface area (Å²) >= 11 is 0. The van der Waals surface area contributed by atoms with Crippen molar-refractivity contribution in [3.63, 3.8) is 0 Å². The number of rotatable bonds is 6. The predicted molar refractivity (Wildman–Crippen MR) is 88.0 cm³/mol. The fourth-order valence-corrected chi connectivity index (χ4v) is 2.73. The molecule has 0 atom stereocenters. The Morgan fingerprint density at radius 2 is 1.57 bits per heavy atom. The predicted octanol–water partition coefficient (Wildman–Crippen LogP) is 3.55. The van der Waals surface area contributed by atoms with Crippen molar-refractivity contribution in [3.8, 4) is 0 Å². The van der Waals surface area contributed by atoms with E-state index in [4.69, 9.17) is 4.42 Å². The fourth-order valence-electron chi connectivity index (χ4n) is 2.73. The average molecular weight is 316 g/mol. The second-order valence-electron chi connectivity index (χ2n) is 6.76. The molecule has 23 heavy (non-hydrogen) atoms. The number of carbonyl (C=O) groups excluding carboxylic acids is 2. The topological polar surface area (TPSA) is 67.5 Å². The molecule has 0 spiro atoms. The van der Waals surface area contributed by atoms with E-state index in [-0.39, 0.29) is 11.6 Å². The van der Waals surface area contributed by atoms with E-state index in [0.717, 1.165) is 5.76 Å². The molecule has 0 amide bonds. The van der Waals surface area contributed by atoms with E-state index in [1.165, 1.54) is 0 Å². The molecule has 0 unspecified atom stereocenters.